The molecule has 30 heavy (non-hydrogen) atoms. The molecule has 2 heterocycles. The molecule has 0 atom stereocenters. The van der Waals surface area contributed by atoms with E-state index in [0.29, 0.717) is 5.69 Å². The van der Waals surface area contributed by atoms with Crippen LogP contribution in [-0.4, -0.2) is 36.8 Å². The Labute approximate surface area is 167 Å². The molecule has 158 valence electrons. The predicted octanol–water partition coefficient (Wildman–Crippen LogP) is 3.26. The molecule has 0 saturated heterocycles. The summed E-state index contributed by atoms with van der Waals surface area (Å²) >= 11 is 0. The Morgan fingerprint density at radius 2 is 1.87 bits per heavy atom. The first-order valence-electron chi connectivity index (χ1n) is 8.42. The maximum Gasteiger partial charge on any atom is 0.573 e. The first-order valence-corrected chi connectivity index (χ1v) is 8.42. The number of benzene rings is 1. The first kappa shape index (κ1) is 20.8. The Bertz CT molecular complexity index is 1090. The summed E-state index contributed by atoms with van der Waals surface area (Å²) in [6.07, 6.45) is -3.30. The van der Waals surface area contributed by atoms with Crippen LogP contribution in [0.1, 0.15) is 21.9 Å². The number of amides is 1. The van der Waals surface area contributed by atoms with Crippen molar-refractivity contribution < 1.29 is 27.6 Å². The molecule has 0 radical (unpaired) electrons. The van der Waals surface area contributed by atoms with Crippen LogP contribution in [0.5, 0.6) is 5.75 Å². The number of nitrogens with one attached hydrogen (secondary N) is 1. The molecule has 0 fully saturated rings. The van der Waals surface area contributed by atoms with Crippen molar-refractivity contribution in [3.05, 3.63) is 63.7 Å². The highest BCUT2D eigenvalue weighted by molar-refractivity contribution is 6.02. The van der Waals surface area contributed by atoms with Gasteiger partial charge in [0, 0.05) is 11.9 Å². The fourth-order valence-electron chi connectivity index (χ4n) is 2.72. The third-order valence-electron chi connectivity index (χ3n) is 4.02. The third kappa shape index (κ3) is 4.74. The summed E-state index contributed by atoms with van der Waals surface area (Å²) in [5, 5.41) is 21.8. The third-order valence-corrected chi connectivity index (χ3v) is 4.02. The molecular weight excluding hydrogens is 409 g/mol. The second-order valence-corrected chi connectivity index (χ2v) is 6.18. The van der Waals surface area contributed by atoms with E-state index in [1.54, 1.807) is 6.92 Å². The fraction of sp³-hybridized carbons (Fsp3) is 0.235. The van der Waals surface area contributed by atoms with Crippen molar-refractivity contribution in [2.75, 3.05) is 5.32 Å². The highest BCUT2D eigenvalue weighted by Gasteiger charge is 2.31. The quantitative estimate of drug-likeness (QED) is 0.480. The van der Waals surface area contributed by atoms with E-state index in [9.17, 15) is 28.1 Å². The highest BCUT2D eigenvalue weighted by atomic mass is 19.4. The lowest BCUT2D eigenvalue weighted by molar-refractivity contribution is -0.386. The molecule has 0 saturated carbocycles. The van der Waals surface area contributed by atoms with E-state index in [1.807, 2.05) is 0 Å². The van der Waals surface area contributed by atoms with E-state index in [-0.39, 0.29) is 29.4 Å². The molecule has 0 aliphatic rings. The lowest BCUT2D eigenvalue weighted by atomic mass is 10.3. The van der Waals surface area contributed by atoms with Crippen molar-refractivity contribution in [3.63, 3.8) is 0 Å². The number of aryl methyl sites for hydroxylation is 1. The van der Waals surface area contributed by atoms with E-state index < -0.39 is 22.9 Å². The van der Waals surface area contributed by atoms with Crippen molar-refractivity contribution in [3.8, 4) is 5.75 Å². The minimum atomic E-state index is -4.80. The molecule has 2 aromatic heterocycles. The Hall–Kier alpha value is -3.90. The Balaban J connectivity index is 1.67. The van der Waals surface area contributed by atoms with E-state index >= 15 is 0 Å². The zero-order chi connectivity index (χ0) is 22.1. The van der Waals surface area contributed by atoms with Gasteiger partial charge in [-0.05, 0) is 44.2 Å². The average molecular weight is 424 g/mol. The Kier molecular flexibility index (Phi) is 5.45. The smallest absolute Gasteiger partial charge is 0.406 e. The van der Waals surface area contributed by atoms with Gasteiger partial charge in [0.2, 0.25) is 0 Å². The molecule has 1 amide bonds. The van der Waals surface area contributed by atoms with Gasteiger partial charge < -0.3 is 10.1 Å². The molecule has 0 unspecified atom stereocenters. The zero-order valence-electron chi connectivity index (χ0n) is 15.7. The number of carbonyl (C=O) groups is 1. The number of ether oxygens (including phenoxy) is 1. The molecular formula is C17H15F3N6O4. The van der Waals surface area contributed by atoms with Gasteiger partial charge in [-0.1, -0.05) is 0 Å². The van der Waals surface area contributed by atoms with Gasteiger partial charge in [0.1, 0.15) is 23.8 Å². The summed E-state index contributed by atoms with van der Waals surface area (Å²) in [5.41, 5.74) is 0.818. The molecule has 13 heteroatoms. The second kappa shape index (κ2) is 7.85. The Morgan fingerprint density at radius 3 is 2.43 bits per heavy atom. The van der Waals surface area contributed by atoms with Gasteiger partial charge in [0.05, 0.1) is 4.92 Å². The van der Waals surface area contributed by atoms with Crippen LogP contribution in [0.15, 0.2) is 36.5 Å². The first-order chi connectivity index (χ1) is 14.0. The van der Waals surface area contributed by atoms with Crippen molar-refractivity contribution in [2.24, 2.45) is 0 Å². The molecule has 0 bridgehead atoms. The summed E-state index contributed by atoms with van der Waals surface area (Å²) < 4.78 is 43.1. The van der Waals surface area contributed by atoms with Gasteiger partial charge in [-0.15, -0.1) is 13.2 Å². The molecule has 0 aliphatic heterocycles. The standard InChI is InChI=1S/C17H15F3N6O4/c1-10-15(26(28)29)11(2)25(22-10)9-24-8-7-14(23-24)16(27)21-12-3-5-13(6-4-12)30-17(18,19)20/h3-8H,9H2,1-2H3,(H,21,27). The van der Waals surface area contributed by atoms with Crippen molar-refractivity contribution in [2.45, 2.75) is 26.9 Å². The molecule has 3 rings (SSSR count). The van der Waals surface area contributed by atoms with Crippen LogP contribution < -0.4 is 10.1 Å². The van der Waals surface area contributed by atoms with Crippen LogP contribution in [0.3, 0.4) is 0 Å². The molecule has 0 spiro atoms. The maximum absolute atomic E-state index is 12.3. The molecule has 10 nitrogen and oxygen atoms in total. The van der Waals surface area contributed by atoms with Crippen molar-refractivity contribution in [1.82, 2.24) is 19.6 Å². The number of nitrogens with zero attached hydrogens (tertiary/aromatic N) is 5. The van der Waals surface area contributed by atoms with Crippen LogP contribution >= 0.6 is 0 Å². The topological polar surface area (TPSA) is 117 Å². The van der Waals surface area contributed by atoms with Gasteiger partial charge in [-0.2, -0.15) is 10.2 Å². The summed E-state index contributed by atoms with van der Waals surface area (Å²) in [4.78, 5) is 22.9. The lowest BCUT2D eigenvalue weighted by Gasteiger charge is -2.09. The van der Waals surface area contributed by atoms with Crippen LogP contribution in [0, 0.1) is 24.0 Å². The van der Waals surface area contributed by atoms with E-state index in [2.05, 4.69) is 20.3 Å². The van der Waals surface area contributed by atoms with E-state index in [0.717, 1.165) is 12.1 Å². The normalized spacial score (nSPS) is 11.4. The van der Waals surface area contributed by atoms with Crippen LogP contribution in [0.4, 0.5) is 24.5 Å². The zero-order valence-corrected chi connectivity index (χ0v) is 15.7. The largest absolute Gasteiger partial charge is 0.573 e. The molecule has 1 aromatic carbocycles. The predicted molar refractivity (Wildman–Crippen MR) is 97.1 cm³/mol. The number of carbonyl (C=O) groups excluding carboxylic acids is 1. The summed E-state index contributed by atoms with van der Waals surface area (Å²) in [6.45, 7) is 3.13. The summed E-state index contributed by atoms with van der Waals surface area (Å²) in [7, 11) is 0. The van der Waals surface area contributed by atoms with Gasteiger partial charge in [0.15, 0.2) is 5.69 Å². The monoisotopic (exact) mass is 424 g/mol. The number of hydrogen-bond acceptors (Lipinski definition) is 6. The number of nitro groups is 1. The SMILES string of the molecule is Cc1nn(Cn2ccc(C(=O)Nc3ccc(OC(F)(F)F)cc3)n2)c(C)c1[N+](=O)[O-]. The highest BCUT2D eigenvalue weighted by Crippen LogP contribution is 2.24. The molecule has 3 aromatic rings. The number of anilines is 1. The Morgan fingerprint density at radius 1 is 1.20 bits per heavy atom. The molecule has 1 N–H and O–H groups in total. The minimum absolute atomic E-state index is 0.0432. The number of aromatic nitrogens is 4. The van der Waals surface area contributed by atoms with Gasteiger partial charge in [-0.3, -0.25) is 19.6 Å². The van der Waals surface area contributed by atoms with Crippen LogP contribution in [0.25, 0.3) is 0 Å². The average Bonchev–Trinajstić information content (AvgIpc) is 3.20. The maximum atomic E-state index is 12.3. The number of hydrogen-bond donors (Lipinski definition) is 1. The van der Waals surface area contributed by atoms with E-state index in [1.165, 1.54) is 40.7 Å². The van der Waals surface area contributed by atoms with E-state index in [4.69, 9.17) is 0 Å². The number of rotatable bonds is 6. The lowest BCUT2D eigenvalue weighted by Crippen LogP contribution is -2.17. The summed E-state index contributed by atoms with van der Waals surface area (Å²) in [6, 6.07) is 6.07. The fourth-order valence-corrected chi connectivity index (χ4v) is 2.72. The van der Waals surface area contributed by atoms with Crippen LogP contribution in [0.2, 0.25) is 0 Å². The number of halogens is 3. The van der Waals surface area contributed by atoms with Gasteiger partial charge in [-0.25, -0.2) is 4.68 Å². The molecule has 0 aliphatic carbocycles. The minimum Gasteiger partial charge on any atom is -0.406 e. The second-order valence-electron chi connectivity index (χ2n) is 6.18. The van der Waals surface area contributed by atoms with Gasteiger partial charge in [0.25, 0.3) is 5.91 Å². The van der Waals surface area contributed by atoms with Crippen LogP contribution in [-0.2, 0) is 6.67 Å². The summed E-state index contributed by atoms with van der Waals surface area (Å²) in [5.74, 6) is -0.999. The van der Waals surface area contributed by atoms with Gasteiger partial charge >= 0.3 is 12.0 Å². The number of alkyl halides is 3. The van der Waals surface area contributed by atoms with Crippen molar-refractivity contribution >= 4 is 17.3 Å². The van der Waals surface area contributed by atoms with Crippen molar-refractivity contribution in [1.29, 1.82) is 0 Å².